The lowest BCUT2D eigenvalue weighted by Gasteiger charge is -2.34. The van der Waals surface area contributed by atoms with Crippen LogP contribution in [0, 0.1) is 5.92 Å². The molecular weight excluding hydrogens is 388 g/mol. The highest BCUT2D eigenvalue weighted by atomic mass is 32.1. The monoisotopic (exact) mass is 414 g/mol. The molecule has 0 unspecified atom stereocenters. The Balaban J connectivity index is 1.53. The Morgan fingerprint density at radius 1 is 1.28 bits per heavy atom. The van der Waals surface area contributed by atoms with Gasteiger partial charge in [0, 0.05) is 37.9 Å². The summed E-state index contributed by atoms with van der Waals surface area (Å²) in [5.74, 6) is 0.807. The van der Waals surface area contributed by atoms with Crippen LogP contribution >= 0.6 is 11.3 Å². The molecule has 0 radical (unpaired) electrons. The van der Waals surface area contributed by atoms with Gasteiger partial charge in [0.15, 0.2) is 0 Å². The van der Waals surface area contributed by atoms with Crippen LogP contribution in [0.2, 0.25) is 0 Å². The molecule has 2 amide bonds. The van der Waals surface area contributed by atoms with E-state index in [1.807, 2.05) is 30.2 Å². The normalized spacial score (nSPS) is 19.3. The average Bonchev–Trinajstić information content (AvgIpc) is 3.27. The van der Waals surface area contributed by atoms with Crippen LogP contribution in [0.5, 0.6) is 0 Å². The zero-order valence-corrected chi connectivity index (χ0v) is 17.6. The molecular formula is C21H26N4O3S. The zero-order valence-electron chi connectivity index (χ0n) is 16.8. The van der Waals surface area contributed by atoms with Crippen LogP contribution in [-0.4, -0.2) is 51.2 Å². The lowest BCUT2D eigenvalue weighted by molar-refractivity contribution is -0.135. The Morgan fingerprint density at radius 3 is 2.83 bits per heavy atom. The minimum absolute atomic E-state index is 0.0313. The summed E-state index contributed by atoms with van der Waals surface area (Å²) in [5, 5.41) is 1.88. The number of likely N-dealkylation sites (tertiary alicyclic amines) is 1. The summed E-state index contributed by atoms with van der Waals surface area (Å²) < 4.78 is 0. The Kier molecular flexibility index (Phi) is 5.54. The number of hydrogen-bond donors (Lipinski definition) is 1. The number of amides is 2. The lowest BCUT2D eigenvalue weighted by Crippen LogP contribution is -2.43. The first-order chi connectivity index (χ1) is 13.9. The maximum absolute atomic E-state index is 12.8. The minimum atomic E-state index is -0.166. The summed E-state index contributed by atoms with van der Waals surface area (Å²) in [6, 6.07) is 3.66. The number of rotatable bonds is 3. The predicted octanol–water partition coefficient (Wildman–Crippen LogP) is 2.39. The first-order valence-corrected chi connectivity index (χ1v) is 11.1. The summed E-state index contributed by atoms with van der Waals surface area (Å²) in [5.41, 5.74) is 1.20. The van der Waals surface area contributed by atoms with Crippen molar-refractivity contribution in [1.82, 2.24) is 19.8 Å². The molecule has 0 bridgehead atoms. The second-order valence-corrected chi connectivity index (χ2v) is 9.06. The van der Waals surface area contributed by atoms with Crippen molar-refractivity contribution in [3.8, 4) is 0 Å². The maximum atomic E-state index is 12.8. The highest BCUT2D eigenvalue weighted by Gasteiger charge is 2.30. The summed E-state index contributed by atoms with van der Waals surface area (Å²) in [4.78, 5) is 49.8. The van der Waals surface area contributed by atoms with Crippen molar-refractivity contribution in [2.24, 2.45) is 5.92 Å². The van der Waals surface area contributed by atoms with E-state index in [9.17, 15) is 14.4 Å². The summed E-state index contributed by atoms with van der Waals surface area (Å²) in [6.07, 6.45) is 2.39. The van der Waals surface area contributed by atoms with Crippen LogP contribution in [0.15, 0.2) is 22.3 Å². The van der Waals surface area contributed by atoms with Gasteiger partial charge in [-0.05, 0) is 24.3 Å². The van der Waals surface area contributed by atoms with Crippen molar-refractivity contribution in [1.29, 1.82) is 0 Å². The van der Waals surface area contributed by atoms with E-state index in [-0.39, 0.29) is 35.8 Å². The van der Waals surface area contributed by atoms with Crippen LogP contribution in [0.1, 0.15) is 59.4 Å². The molecule has 7 nitrogen and oxygen atoms in total. The topological polar surface area (TPSA) is 86.4 Å². The second kappa shape index (κ2) is 8.10. The van der Waals surface area contributed by atoms with Gasteiger partial charge in [0.25, 0.3) is 11.5 Å². The maximum Gasteiger partial charge on any atom is 0.264 e. The van der Waals surface area contributed by atoms with Crippen LogP contribution in [0.4, 0.5) is 0 Å². The molecule has 2 aliphatic heterocycles. The number of nitrogens with zero attached hydrogens (tertiary/aromatic N) is 3. The van der Waals surface area contributed by atoms with Crippen molar-refractivity contribution in [2.45, 2.75) is 45.6 Å². The first kappa shape index (κ1) is 19.8. The molecule has 1 atom stereocenters. The van der Waals surface area contributed by atoms with Gasteiger partial charge in [-0.25, -0.2) is 4.98 Å². The smallest absolute Gasteiger partial charge is 0.264 e. The minimum Gasteiger partial charge on any atom is -0.342 e. The molecule has 0 saturated carbocycles. The molecule has 154 valence electrons. The Hall–Kier alpha value is -2.48. The Labute approximate surface area is 173 Å². The van der Waals surface area contributed by atoms with Crippen molar-refractivity contribution in [2.75, 3.05) is 19.6 Å². The van der Waals surface area contributed by atoms with Crippen LogP contribution in [0.25, 0.3) is 0 Å². The number of carbonyl (C=O) groups excluding carboxylic acids is 2. The van der Waals surface area contributed by atoms with Gasteiger partial charge in [0.05, 0.1) is 22.7 Å². The number of piperidine rings is 1. The number of thiophene rings is 1. The summed E-state index contributed by atoms with van der Waals surface area (Å²) >= 11 is 1.41. The van der Waals surface area contributed by atoms with E-state index in [1.165, 1.54) is 11.3 Å². The lowest BCUT2D eigenvalue weighted by atomic mass is 9.95. The fourth-order valence-electron chi connectivity index (χ4n) is 4.13. The quantitative estimate of drug-likeness (QED) is 0.836. The fraction of sp³-hybridized carbons (Fsp3) is 0.524. The van der Waals surface area contributed by atoms with E-state index in [0.29, 0.717) is 35.8 Å². The van der Waals surface area contributed by atoms with Gasteiger partial charge in [-0.1, -0.05) is 19.9 Å². The van der Waals surface area contributed by atoms with E-state index in [4.69, 9.17) is 4.98 Å². The van der Waals surface area contributed by atoms with Crippen molar-refractivity contribution in [3.05, 3.63) is 49.8 Å². The number of aromatic nitrogens is 2. The van der Waals surface area contributed by atoms with Gasteiger partial charge in [0.1, 0.15) is 5.82 Å². The van der Waals surface area contributed by atoms with Crippen LogP contribution < -0.4 is 5.56 Å². The Bertz CT molecular complexity index is 967. The fourth-order valence-corrected chi connectivity index (χ4v) is 4.82. The van der Waals surface area contributed by atoms with E-state index >= 15 is 0 Å². The highest BCUT2D eigenvalue weighted by molar-refractivity contribution is 7.12. The van der Waals surface area contributed by atoms with Gasteiger partial charge < -0.3 is 14.8 Å². The number of fused-ring (bicyclic) bond motifs is 1. The molecule has 1 N–H and O–H groups in total. The standard InChI is InChI=1S/C21H26N4O3S/c1-13(2)20(27)24-8-3-5-14(11-24)18-22-16-7-9-25(12-15(16)19(26)23-18)21(28)17-6-4-10-29-17/h4,6,10,13-14H,3,5,7-9,11-12H2,1-2H3,(H,22,23,26)/t14-/m0/s1. The third-order valence-corrected chi connectivity index (χ3v) is 6.58. The van der Waals surface area contributed by atoms with Gasteiger partial charge in [-0.2, -0.15) is 0 Å². The highest BCUT2D eigenvalue weighted by Crippen LogP contribution is 2.26. The molecule has 2 aliphatic rings. The van der Waals surface area contributed by atoms with E-state index in [1.54, 1.807) is 11.0 Å². The van der Waals surface area contributed by atoms with Crippen LogP contribution in [0.3, 0.4) is 0 Å². The third kappa shape index (κ3) is 3.99. The van der Waals surface area contributed by atoms with E-state index in [0.717, 1.165) is 25.1 Å². The van der Waals surface area contributed by atoms with Gasteiger partial charge in [0.2, 0.25) is 5.91 Å². The molecule has 1 fully saturated rings. The molecule has 4 heterocycles. The van der Waals surface area contributed by atoms with Gasteiger partial charge in [-0.3, -0.25) is 14.4 Å². The molecule has 4 rings (SSSR count). The molecule has 0 aliphatic carbocycles. The number of aromatic amines is 1. The number of nitrogens with one attached hydrogen (secondary N) is 1. The van der Waals surface area contributed by atoms with Crippen molar-refractivity contribution in [3.63, 3.8) is 0 Å². The largest absolute Gasteiger partial charge is 0.342 e. The number of carbonyl (C=O) groups is 2. The molecule has 0 aromatic carbocycles. The predicted molar refractivity (Wildman–Crippen MR) is 111 cm³/mol. The first-order valence-electron chi connectivity index (χ1n) is 10.2. The summed E-state index contributed by atoms with van der Waals surface area (Å²) in [6.45, 7) is 6.03. The molecule has 2 aromatic rings. The molecule has 0 spiro atoms. The third-order valence-electron chi connectivity index (χ3n) is 5.72. The average molecular weight is 415 g/mol. The summed E-state index contributed by atoms with van der Waals surface area (Å²) in [7, 11) is 0. The number of hydrogen-bond acceptors (Lipinski definition) is 5. The van der Waals surface area contributed by atoms with E-state index in [2.05, 4.69) is 4.98 Å². The molecule has 1 saturated heterocycles. The molecule has 8 heteroatoms. The van der Waals surface area contributed by atoms with Crippen molar-refractivity contribution < 1.29 is 9.59 Å². The zero-order chi connectivity index (χ0) is 20.5. The number of H-pyrrole nitrogens is 1. The molecule has 29 heavy (non-hydrogen) atoms. The Morgan fingerprint density at radius 2 is 2.10 bits per heavy atom. The second-order valence-electron chi connectivity index (χ2n) is 8.11. The van der Waals surface area contributed by atoms with E-state index < -0.39 is 0 Å². The van der Waals surface area contributed by atoms with Crippen LogP contribution in [-0.2, 0) is 17.8 Å². The SMILES string of the molecule is CC(C)C(=O)N1CCC[C@H](c2nc3c(c(=O)[nH]2)CN(C(=O)c2cccs2)CC3)C1. The molecule has 2 aromatic heterocycles. The van der Waals surface area contributed by atoms with Crippen molar-refractivity contribution >= 4 is 23.2 Å². The van der Waals surface area contributed by atoms with Gasteiger partial charge >= 0.3 is 0 Å². The van der Waals surface area contributed by atoms with Gasteiger partial charge in [-0.15, -0.1) is 11.3 Å².